The molecule has 8 atom stereocenters. The molecular weight excluding hydrogens is 564 g/mol. The van der Waals surface area contributed by atoms with Gasteiger partial charge in [0.2, 0.25) is 0 Å². The first-order valence-electron chi connectivity index (χ1n) is 18.5. The molecule has 4 aliphatic rings. The zero-order chi connectivity index (χ0) is 32.8. The number of fused-ring (bicyclic) bond motifs is 5. The molecule has 4 aliphatic carbocycles. The van der Waals surface area contributed by atoms with E-state index in [1.807, 2.05) is 6.08 Å². The molecular formula is C39H62O6. The van der Waals surface area contributed by atoms with Crippen LogP contribution in [0, 0.1) is 46.3 Å². The van der Waals surface area contributed by atoms with Gasteiger partial charge in [0.25, 0.3) is 0 Å². The van der Waals surface area contributed by atoms with Gasteiger partial charge in [0.1, 0.15) is 11.9 Å². The molecule has 0 aromatic carbocycles. The van der Waals surface area contributed by atoms with Crippen LogP contribution in [0.5, 0.6) is 0 Å². The van der Waals surface area contributed by atoms with Crippen LogP contribution in [-0.2, 0) is 23.9 Å². The van der Waals surface area contributed by atoms with E-state index in [9.17, 15) is 19.2 Å². The second kappa shape index (κ2) is 15.7. The molecule has 3 saturated carbocycles. The first-order chi connectivity index (χ1) is 21.3. The van der Waals surface area contributed by atoms with Crippen LogP contribution < -0.4 is 0 Å². The molecule has 0 aromatic heterocycles. The Bertz CT molecular complexity index is 1090. The summed E-state index contributed by atoms with van der Waals surface area (Å²) in [5.74, 6) is 2.62. The molecule has 0 saturated heterocycles. The van der Waals surface area contributed by atoms with Crippen molar-refractivity contribution < 1.29 is 29.0 Å². The maximum atomic E-state index is 13.9. The minimum Gasteiger partial charge on any atom is -0.481 e. The molecule has 0 aromatic rings. The number of allylic oxidation sites excluding steroid dienone is 1. The maximum absolute atomic E-state index is 13.9. The van der Waals surface area contributed by atoms with Gasteiger partial charge in [-0.2, -0.15) is 0 Å². The summed E-state index contributed by atoms with van der Waals surface area (Å²) in [6, 6.07) is 0. The summed E-state index contributed by atoms with van der Waals surface area (Å²) < 4.78 is 5.95. The average molecular weight is 627 g/mol. The first-order valence-corrected chi connectivity index (χ1v) is 18.5. The molecule has 3 unspecified atom stereocenters. The van der Waals surface area contributed by atoms with Gasteiger partial charge in [-0.1, -0.05) is 78.7 Å². The van der Waals surface area contributed by atoms with Crippen LogP contribution in [0.25, 0.3) is 0 Å². The topological polar surface area (TPSA) is 97.7 Å². The number of Topliss-reactive ketones (excluding diaryl/α,β-unsaturated/α-hetero) is 1. The summed E-state index contributed by atoms with van der Waals surface area (Å²) in [6.45, 7) is 12.1. The van der Waals surface area contributed by atoms with Crippen LogP contribution in [0.15, 0.2) is 11.6 Å². The number of unbranched alkanes of at least 4 members (excludes halogenated alkanes) is 4. The van der Waals surface area contributed by atoms with Crippen LogP contribution >= 0.6 is 0 Å². The molecule has 0 heterocycles. The van der Waals surface area contributed by atoms with Crippen molar-refractivity contribution >= 4 is 23.5 Å². The summed E-state index contributed by atoms with van der Waals surface area (Å²) in [7, 11) is 0. The third-order valence-corrected chi connectivity index (χ3v) is 12.9. The smallest absolute Gasteiger partial charge is 0.306 e. The van der Waals surface area contributed by atoms with Gasteiger partial charge in [0, 0.05) is 31.6 Å². The second-order valence-corrected chi connectivity index (χ2v) is 16.3. The Labute approximate surface area is 272 Å². The van der Waals surface area contributed by atoms with E-state index < -0.39 is 5.97 Å². The number of carbonyl (C=O) groups excluding carboxylic acids is 3. The highest BCUT2D eigenvalue weighted by Gasteiger charge is 2.61. The van der Waals surface area contributed by atoms with Gasteiger partial charge in [-0.3, -0.25) is 19.2 Å². The monoisotopic (exact) mass is 626 g/mol. The Morgan fingerprint density at radius 2 is 1.56 bits per heavy atom. The number of hydrogen-bond donors (Lipinski definition) is 1. The van der Waals surface area contributed by atoms with Crippen molar-refractivity contribution in [3.8, 4) is 0 Å². The highest BCUT2D eigenvalue weighted by molar-refractivity contribution is 5.94. The van der Waals surface area contributed by atoms with E-state index in [1.165, 1.54) is 44.1 Å². The highest BCUT2D eigenvalue weighted by Crippen LogP contribution is 2.66. The van der Waals surface area contributed by atoms with Gasteiger partial charge in [0.05, 0.1) is 6.42 Å². The Hall–Kier alpha value is -1.98. The lowest BCUT2D eigenvalue weighted by atomic mass is 9.46. The molecule has 6 heteroatoms. The lowest BCUT2D eigenvalue weighted by molar-refractivity contribution is -0.152. The zero-order valence-electron chi connectivity index (χ0n) is 29.0. The van der Waals surface area contributed by atoms with Crippen molar-refractivity contribution in [2.75, 3.05) is 0 Å². The normalized spacial score (nSPS) is 33.2. The number of esters is 1. The van der Waals surface area contributed by atoms with E-state index in [0.717, 1.165) is 69.1 Å². The molecule has 0 aliphatic heterocycles. The van der Waals surface area contributed by atoms with Crippen molar-refractivity contribution in [2.24, 2.45) is 46.3 Å². The number of ether oxygens (including phenoxy) is 1. The van der Waals surface area contributed by atoms with Crippen LogP contribution in [0.2, 0.25) is 0 Å². The summed E-state index contributed by atoms with van der Waals surface area (Å²) >= 11 is 0. The van der Waals surface area contributed by atoms with Gasteiger partial charge < -0.3 is 9.84 Å². The van der Waals surface area contributed by atoms with Gasteiger partial charge in [-0.15, -0.1) is 0 Å². The van der Waals surface area contributed by atoms with E-state index >= 15 is 0 Å². The Kier molecular flexibility index (Phi) is 12.5. The Balaban J connectivity index is 1.23. The van der Waals surface area contributed by atoms with Gasteiger partial charge >= 0.3 is 11.9 Å². The molecule has 0 radical (unpaired) electrons. The predicted molar refractivity (Wildman–Crippen MR) is 178 cm³/mol. The van der Waals surface area contributed by atoms with Gasteiger partial charge in [0.15, 0.2) is 5.78 Å². The largest absolute Gasteiger partial charge is 0.481 e. The SMILES string of the molecule is CC(C)CCC[C@@H](C)[C@H]1CCC2C3C(=O)C=C4C[C@@H](OC(=O)CCCCCCCC(=O)CCC(=O)O)CC[C@]4(C)C3CC[C@@]21C. The standard InChI is InChI=1S/C39H62O6/c1-26(2)12-11-13-27(3)31-17-18-32-37-33(21-23-39(31,32)5)38(4)22-20-30(24-28(38)25-34(37)41)45-36(44)15-10-8-6-7-9-14-29(40)16-19-35(42)43/h25-27,30-33,37H,6-24H2,1-5H3,(H,42,43)/t27-,30+,31-,32?,33?,37?,38+,39-/m1/s1. The minimum atomic E-state index is -0.929. The molecule has 4 rings (SSSR count). The van der Waals surface area contributed by atoms with E-state index in [0.29, 0.717) is 36.9 Å². The van der Waals surface area contributed by atoms with Crippen molar-refractivity contribution in [3.05, 3.63) is 11.6 Å². The summed E-state index contributed by atoms with van der Waals surface area (Å²) in [6.07, 6.45) is 18.5. The number of carboxylic acid groups (broad SMARTS) is 1. The van der Waals surface area contributed by atoms with Gasteiger partial charge in [-0.05, 0) is 97.9 Å². The van der Waals surface area contributed by atoms with Crippen LogP contribution in [0.3, 0.4) is 0 Å². The number of carboxylic acids is 1. The van der Waals surface area contributed by atoms with Gasteiger partial charge in [-0.25, -0.2) is 0 Å². The fourth-order valence-corrected chi connectivity index (χ4v) is 10.2. The number of rotatable bonds is 17. The molecule has 254 valence electrons. The number of aliphatic carboxylic acids is 1. The molecule has 0 amide bonds. The molecule has 0 spiro atoms. The summed E-state index contributed by atoms with van der Waals surface area (Å²) in [5.41, 5.74) is 1.55. The number of carbonyl (C=O) groups is 4. The minimum absolute atomic E-state index is 0.0153. The van der Waals surface area contributed by atoms with E-state index in [2.05, 4.69) is 34.6 Å². The molecule has 6 nitrogen and oxygen atoms in total. The lowest BCUT2D eigenvalue weighted by Gasteiger charge is -2.57. The van der Waals surface area contributed by atoms with Crippen molar-refractivity contribution in [2.45, 2.75) is 163 Å². The number of hydrogen-bond acceptors (Lipinski definition) is 5. The number of ketones is 2. The lowest BCUT2D eigenvalue weighted by Crippen LogP contribution is -2.53. The molecule has 45 heavy (non-hydrogen) atoms. The van der Waals surface area contributed by atoms with E-state index in [1.54, 1.807) is 0 Å². The van der Waals surface area contributed by atoms with Crippen LogP contribution in [0.1, 0.15) is 157 Å². The van der Waals surface area contributed by atoms with Crippen molar-refractivity contribution in [1.82, 2.24) is 0 Å². The molecule has 1 N–H and O–H groups in total. The average Bonchev–Trinajstić information content (AvgIpc) is 3.33. The third-order valence-electron chi connectivity index (χ3n) is 12.9. The fourth-order valence-electron chi connectivity index (χ4n) is 10.2. The van der Waals surface area contributed by atoms with E-state index in [-0.39, 0.29) is 47.4 Å². The second-order valence-electron chi connectivity index (χ2n) is 16.3. The molecule has 3 fully saturated rings. The zero-order valence-corrected chi connectivity index (χ0v) is 29.0. The third kappa shape index (κ3) is 8.69. The van der Waals surface area contributed by atoms with E-state index in [4.69, 9.17) is 9.84 Å². The quantitative estimate of drug-likeness (QED) is 0.128. The maximum Gasteiger partial charge on any atom is 0.306 e. The van der Waals surface area contributed by atoms with Crippen LogP contribution in [0.4, 0.5) is 0 Å². The van der Waals surface area contributed by atoms with Crippen molar-refractivity contribution in [1.29, 1.82) is 0 Å². The van der Waals surface area contributed by atoms with Crippen LogP contribution in [-0.4, -0.2) is 34.7 Å². The summed E-state index contributed by atoms with van der Waals surface area (Å²) in [4.78, 5) is 48.8. The predicted octanol–water partition coefficient (Wildman–Crippen LogP) is 9.28. The summed E-state index contributed by atoms with van der Waals surface area (Å²) in [5, 5.41) is 8.67. The van der Waals surface area contributed by atoms with Crippen molar-refractivity contribution in [3.63, 3.8) is 0 Å². The fraction of sp³-hybridized carbons (Fsp3) is 0.846. The molecule has 0 bridgehead atoms. The first kappa shape index (κ1) is 35.9. The Morgan fingerprint density at radius 3 is 2.27 bits per heavy atom. The highest BCUT2D eigenvalue weighted by atomic mass is 16.5. The Morgan fingerprint density at radius 1 is 0.844 bits per heavy atom.